The summed E-state index contributed by atoms with van der Waals surface area (Å²) in [5.41, 5.74) is 4.20. The molecule has 0 heterocycles. The molecule has 1 heteroatoms. The fourth-order valence-electron chi connectivity index (χ4n) is 3.84. The first-order chi connectivity index (χ1) is 8.84. The Kier molecular flexibility index (Phi) is 4.06. The van der Waals surface area contributed by atoms with Crippen LogP contribution in [0.1, 0.15) is 56.7 Å². The Hall–Kier alpha value is -0.820. The Morgan fingerprint density at radius 3 is 2.47 bits per heavy atom. The molecule has 2 rings (SSSR count). The molecule has 3 unspecified atom stereocenters. The molecule has 19 heavy (non-hydrogen) atoms. The summed E-state index contributed by atoms with van der Waals surface area (Å²) in [5.74, 6) is 1.05. The molecular weight excluding hydrogens is 232 g/mol. The van der Waals surface area contributed by atoms with E-state index in [1.54, 1.807) is 0 Å². The lowest BCUT2D eigenvalue weighted by molar-refractivity contribution is 0.0142. The summed E-state index contributed by atoms with van der Waals surface area (Å²) in [6.45, 7) is 11.3. The Labute approximate surface area is 118 Å². The van der Waals surface area contributed by atoms with Crippen LogP contribution < -0.4 is 0 Å². The number of hydrogen-bond donors (Lipinski definition) is 1. The van der Waals surface area contributed by atoms with Gasteiger partial charge < -0.3 is 5.11 Å². The first-order valence-electron chi connectivity index (χ1n) is 7.58. The molecule has 0 radical (unpaired) electrons. The monoisotopic (exact) mass is 260 g/mol. The number of benzene rings is 1. The van der Waals surface area contributed by atoms with Gasteiger partial charge >= 0.3 is 0 Å². The molecule has 0 bridgehead atoms. The fourth-order valence-corrected chi connectivity index (χ4v) is 3.84. The molecule has 0 saturated heterocycles. The van der Waals surface area contributed by atoms with Gasteiger partial charge in [-0.25, -0.2) is 0 Å². The smallest absolute Gasteiger partial charge is 0.0579 e. The molecule has 1 aromatic rings. The SMILES string of the molecule is Cc1cccc(C(C)(C)C2CCC(C)CC2O)c1C. The van der Waals surface area contributed by atoms with E-state index in [0.29, 0.717) is 11.8 Å². The second-order valence-corrected chi connectivity index (χ2v) is 7.06. The van der Waals surface area contributed by atoms with Crippen molar-refractivity contribution in [1.29, 1.82) is 0 Å². The van der Waals surface area contributed by atoms with E-state index in [9.17, 15) is 5.11 Å². The highest BCUT2D eigenvalue weighted by Gasteiger charge is 2.39. The first kappa shape index (κ1) is 14.6. The standard InChI is InChI=1S/C18H28O/c1-12-9-10-16(17(19)11-12)18(4,5)15-8-6-7-13(2)14(15)3/h6-8,12,16-17,19H,9-11H2,1-5H3. The molecule has 1 aromatic carbocycles. The summed E-state index contributed by atoms with van der Waals surface area (Å²) in [6, 6.07) is 6.57. The van der Waals surface area contributed by atoms with E-state index in [4.69, 9.17) is 0 Å². The summed E-state index contributed by atoms with van der Waals surface area (Å²) in [4.78, 5) is 0. The lowest BCUT2D eigenvalue weighted by Crippen LogP contribution is -2.41. The molecular formula is C18H28O. The second-order valence-electron chi connectivity index (χ2n) is 7.06. The van der Waals surface area contributed by atoms with Gasteiger partial charge in [0.25, 0.3) is 0 Å². The van der Waals surface area contributed by atoms with E-state index < -0.39 is 0 Å². The van der Waals surface area contributed by atoms with E-state index >= 15 is 0 Å². The third kappa shape index (κ3) is 2.72. The van der Waals surface area contributed by atoms with Crippen molar-refractivity contribution in [2.45, 2.75) is 65.4 Å². The number of aryl methyl sites for hydroxylation is 1. The summed E-state index contributed by atoms with van der Waals surface area (Å²) < 4.78 is 0. The molecule has 106 valence electrons. The minimum absolute atomic E-state index is 0.0513. The van der Waals surface area contributed by atoms with Crippen LogP contribution in [0, 0.1) is 25.7 Å². The van der Waals surface area contributed by atoms with Crippen molar-refractivity contribution in [3.05, 3.63) is 34.9 Å². The Morgan fingerprint density at radius 2 is 1.84 bits per heavy atom. The number of aliphatic hydroxyl groups excluding tert-OH is 1. The quantitative estimate of drug-likeness (QED) is 0.836. The van der Waals surface area contributed by atoms with E-state index in [1.807, 2.05) is 0 Å². The van der Waals surface area contributed by atoms with Crippen LogP contribution in [0.25, 0.3) is 0 Å². The molecule has 3 atom stereocenters. The Bertz CT molecular complexity index is 447. The number of rotatable bonds is 2. The topological polar surface area (TPSA) is 20.2 Å². The van der Waals surface area contributed by atoms with E-state index in [-0.39, 0.29) is 11.5 Å². The van der Waals surface area contributed by atoms with Crippen LogP contribution in [-0.4, -0.2) is 11.2 Å². The first-order valence-corrected chi connectivity index (χ1v) is 7.58. The van der Waals surface area contributed by atoms with Crippen LogP contribution in [-0.2, 0) is 5.41 Å². The van der Waals surface area contributed by atoms with Gasteiger partial charge in [-0.15, -0.1) is 0 Å². The van der Waals surface area contributed by atoms with Crippen molar-refractivity contribution < 1.29 is 5.11 Å². The molecule has 0 aliphatic heterocycles. The lowest BCUT2D eigenvalue weighted by atomic mass is 9.63. The van der Waals surface area contributed by atoms with Gasteiger partial charge in [-0.3, -0.25) is 0 Å². The maximum absolute atomic E-state index is 10.5. The summed E-state index contributed by atoms with van der Waals surface area (Å²) in [7, 11) is 0. The minimum Gasteiger partial charge on any atom is -0.393 e. The summed E-state index contributed by atoms with van der Waals surface area (Å²) in [5, 5.41) is 10.5. The van der Waals surface area contributed by atoms with Gasteiger partial charge in [0.05, 0.1) is 6.10 Å². The maximum Gasteiger partial charge on any atom is 0.0579 e. The molecule has 1 N–H and O–H groups in total. The predicted octanol–water partition coefficient (Wildman–Crippen LogP) is 4.38. The van der Waals surface area contributed by atoms with Crippen molar-refractivity contribution in [3.63, 3.8) is 0 Å². The van der Waals surface area contributed by atoms with Crippen LogP contribution in [0.15, 0.2) is 18.2 Å². The molecule has 0 spiro atoms. The number of hydrogen-bond acceptors (Lipinski definition) is 1. The normalized spacial score (nSPS) is 28.4. The third-order valence-corrected chi connectivity index (χ3v) is 5.30. The Morgan fingerprint density at radius 1 is 1.16 bits per heavy atom. The molecule has 1 saturated carbocycles. The van der Waals surface area contributed by atoms with Crippen molar-refractivity contribution in [2.75, 3.05) is 0 Å². The molecule has 0 aromatic heterocycles. The van der Waals surface area contributed by atoms with Crippen molar-refractivity contribution >= 4 is 0 Å². The van der Waals surface area contributed by atoms with Gasteiger partial charge in [0.1, 0.15) is 0 Å². The predicted molar refractivity (Wildman–Crippen MR) is 81.5 cm³/mol. The second kappa shape index (κ2) is 5.28. The van der Waals surface area contributed by atoms with Crippen molar-refractivity contribution in [2.24, 2.45) is 11.8 Å². The Balaban J connectivity index is 2.33. The minimum atomic E-state index is -0.154. The van der Waals surface area contributed by atoms with E-state index in [2.05, 4.69) is 52.8 Å². The molecule has 1 fully saturated rings. The highest BCUT2D eigenvalue weighted by Crippen LogP contribution is 2.43. The molecule has 0 amide bonds. The summed E-state index contributed by atoms with van der Waals surface area (Å²) in [6.07, 6.45) is 3.19. The van der Waals surface area contributed by atoms with Gasteiger partial charge in [0, 0.05) is 0 Å². The lowest BCUT2D eigenvalue weighted by Gasteiger charge is -2.43. The van der Waals surface area contributed by atoms with Crippen molar-refractivity contribution in [3.8, 4) is 0 Å². The average Bonchev–Trinajstić information content (AvgIpc) is 2.31. The van der Waals surface area contributed by atoms with Crippen LogP contribution in [0.3, 0.4) is 0 Å². The highest BCUT2D eigenvalue weighted by molar-refractivity contribution is 5.38. The van der Waals surface area contributed by atoms with Crippen LogP contribution in [0.4, 0.5) is 0 Å². The van der Waals surface area contributed by atoms with E-state index in [0.717, 1.165) is 12.8 Å². The largest absolute Gasteiger partial charge is 0.393 e. The van der Waals surface area contributed by atoms with E-state index in [1.165, 1.54) is 23.1 Å². The van der Waals surface area contributed by atoms with Crippen LogP contribution in [0.5, 0.6) is 0 Å². The molecule has 1 aliphatic rings. The van der Waals surface area contributed by atoms with Gasteiger partial charge in [0.15, 0.2) is 0 Å². The van der Waals surface area contributed by atoms with Gasteiger partial charge in [0.2, 0.25) is 0 Å². The third-order valence-electron chi connectivity index (χ3n) is 5.30. The van der Waals surface area contributed by atoms with Crippen LogP contribution in [0.2, 0.25) is 0 Å². The van der Waals surface area contributed by atoms with Crippen molar-refractivity contribution in [1.82, 2.24) is 0 Å². The zero-order valence-electron chi connectivity index (χ0n) is 13.0. The van der Waals surface area contributed by atoms with Gasteiger partial charge in [-0.1, -0.05) is 45.4 Å². The summed E-state index contributed by atoms with van der Waals surface area (Å²) >= 11 is 0. The van der Waals surface area contributed by atoms with Crippen LogP contribution >= 0.6 is 0 Å². The average molecular weight is 260 g/mol. The van der Waals surface area contributed by atoms with Gasteiger partial charge in [-0.2, -0.15) is 0 Å². The fraction of sp³-hybridized carbons (Fsp3) is 0.667. The maximum atomic E-state index is 10.5. The molecule has 1 nitrogen and oxygen atoms in total. The zero-order valence-corrected chi connectivity index (χ0v) is 13.0. The number of aliphatic hydroxyl groups is 1. The molecule has 1 aliphatic carbocycles. The zero-order chi connectivity index (χ0) is 14.2. The highest BCUT2D eigenvalue weighted by atomic mass is 16.3. The van der Waals surface area contributed by atoms with Gasteiger partial charge in [-0.05, 0) is 60.6 Å².